The van der Waals surface area contributed by atoms with Crippen molar-refractivity contribution in [1.82, 2.24) is 9.55 Å². The van der Waals surface area contributed by atoms with Crippen LogP contribution in [0, 0.1) is 0 Å². The van der Waals surface area contributed by atoms with Gasteiger partial charge < -0.3 is 9.30 Å². The first-order valence-electron chi connectivity index (χ1n) is 11.4. The van der Waals surface area contributed by atoms with Crippen molar-refractivity contribution in [3.8, 4) is 17.1 Å². The van der Waals surface area contributed by atoms with E-state index >= 15 is 0 Å². The minimum atomic E-state index is -0.126. The molecule has 29 heavy (non-hydrogen) atoms. The number of hydrogen-bond acceptors (Lipinski definition) is 2. The summed E-state index contributed by atoms with van der Waals surface area (Å²) in [5, 5.41) is 0. The molecule has 0 saturated carbocycles. The molecule has 2 aromatic carbocycles. The molecule has 1 aliphatic rings. The van der Waals surface area contributed by atoms with Gasteiger partial charge in [0.05, 0.1) is 16.6 Å². The quantitative estimate of drug-likeness (QED) is 0.381. The Morgan fingerprint density at radius 3 is 2.62 bits per heavy atom. The summed E-state index contributed by atoms with van der Waals surface area (Å²) in [6.07, 6.45) is 9.91. The highest BCUT2D eigenvalue weighted by Gasteiger charge is 2.29. The lowest BCUT2D eigenvalue weighted by Gasteiger charge is -2.33. The lowest BCUT2D eigenvalue weighted by molar-refractivity contribution is 0.0854. The molecule has 0 unspecified atom stereocenters. The molecule has 0 spiro atoms. The first-order chi connectivity index (χ1) is 14.1. The van der Waals surface area contributed by atoms with Crippen LogP contribution in [0.5, 0.6) is 5.75 Å². The molecule has 4 rings (SSSR count). The van der Waals surface area contributed by atoms with Gasteiger partial charge in [-0.2, -0.15) is 0 Å². The zero-order chi connectivity index (χ0) is 20.3. The number of unbranched alkanes of at least 4 members (excludes halogenated alkanes) is 5. The maximum Gasteiger partial charge on any atom is 0.144 e. The summed E-state index contributed by atoms with van der Waals surface area (Å²) in [6.45, 7) is 7.65. The van der Waals surface area contributed by atoms with E-state index in [2.05, 4.69) is 67.8 Å². The number of para-hydroxylation sites is 3. The molecule has 2 heterocycles. The van der Waals surface area contributed by atoms with Gasteiger partial charge in [-0.05, 0) is 56.9 Å². The van der Waals surface area contributed by atoms with E-state index in [-0.39, 0.29) is 5.60 Å². The summed E-state index contributed by atoms with van der Waals surface area (Å²) in [7, 11) is 0. The van der Waals surface area contributed by atoms with Gasteiger partial charge in [0.25, 0.3) is 0 Å². The number of aryl methyl sites for hydroxylation is 2. The Morgan fingerprint density at radius 2 is 1.76 bits per heavy atom. The predicted molar refractivity (Wildman–Crippen MR) is 122 cm³/mol. The highest BCUT2D eigenvalue weighted by Crippen LogP contribution is 2.41. The Balaban J connectivity index is 1.68. The maximum absolute atomic E-state index is 6.47. The van der Waals surface area contributed by atoms with E-state index in [4.69, 9.17) is 9.72 Å². The van der Waals surface area contributed by atoms with Crippen molar-refractivity contribution in [2.75, 3.05) is 0 Å². The molecule has 0 amide bonds. The van der Waals surface area contributed by atoms with Crippen molar-refractivity contribution in [3.63, 3.8) is 0 Å². The summed E-state index contributed by atoms with van der Waals surface area (Å²) in [5.74, 6) is 2.08. The number of fused-ring (bicyclic) bond motifs is 2. The fourth-order valence-corrected chi connectivity index (χ4v) is 4.40. The smallest absolute Gasteiger partial charge is 0.144 e. The highest BCUT2D eigenvalue weighted by atomic mass is 16.5. The van der Waals surface area contributed by atoms with Crippen LogP contribution in [0.1, 0.15) is 71.3 Å². The minimum absolute atomic E-state index is 0.126. The molecule has 1 aromatic heterocycles. The Hall–Kier alpha value is -2.29. The number of nitrogens with zero attached hydrogens (tertiary/aromatic N) is 2. The van der Waals surface area contributed by atoms with E-state index in [1.807, 2.05) is 0 Å². The van der Waals surface area contributed by atoms with Gasteiger partial charge in [-0.25, -0.2) is 4.98 Å². The van der Waals surface area contributed by atoms with E-state index in [0.29, 0.717) is 0 Å². The van der Waals surface area contributed by atoms with Crippen LogP contribution < -0.4 is 4.74 Å². The average Bonchev–Trinajstić information content (AvgIpc) is 3.08. The standard InChI is InChI=1S/C26H34N2O/c1-4-5-6-7-8-11-19-28-23-16-10-9-15-22(23)27-25(28)21-14-12-13-20-17-18-26(2,3)29-24(20)21/h9-10,12-16H,4-8,11,17-19H2,1-3H3. The van der Waals surface area contributed by atoms with Gasteiger partial charge in [0.15, 0.2) is 0 Å². The number of rotatable bonds is 8. The minimum Gasteiger partial charge on any atom is -0.487 e. The van der Waals surface area contributed by atoms with Crippen molar-refractivity contribution in [2.24, 2.45) is 0 Å². The number of aromatic nitrogens is 2. The largest absolute Gasteiger partial charge is 0.487 e. The van der Waals surface area contributed by atoms with E-state index < -0.39 is 0 Å². The third kappa shape index (κ3) is 4.34. The van der Waals surface area contributed by atoms with Gasteiger partial charge in [0.1, 0.15) is 17.2 Å². The van der Waals surface area contributed by atoms with Crippen LogP contribution >= 0.6 is 0 Å². The Labute approximate surface area is 175 Å². The normalized spacial score (nSPS) is 15.3. The molecular formula is C26H34N2O. The summed E-state index contributed by atoms with van der Waals surface area (Å²) in [6, 6.07) is 15.1. The molecule has 1 aliphatic heterocycles. The molecule has 3 nitrogen and oxygen atoms in total. The predicted octanol–water partition coefficient (Wildman–Crippen LogP) is 7.17. The van der Waals surface area contributed by atoms with Crippen molar-refractivity contribution in [3.05, 3.63) is 48.0 Å². The second kappa shape index (κ2) is 8.61. The second-order valence-corrected chi connectivity index (χ2v) is 9.00. The topological polar surface area (TPSA) is 27.1 Å². The highest BCUT2D eigenvalue weighted by molar-refractivity contribution is 5.82. The van der Waals surface area contributed by atoms with Crippen molar-refractivity contribution in [2.45, 2.75) is 84.3 Å². The second-order valence-electron chi connectivity index (χ2n) is 9.00. The average molecular weight is 391 g/mol. The molecule has 0 saturated heterocycles. The molecule has 3 aromatic rings. The Morgan fingerprint density at radius 1 is 0.966 bits per heavy atom. The lowest BCUT2D eigenvalue weighted by Crippen LogP contribution is -2.32. The molecule has 0 radical (unpaired) electrons. The molecule has 0 fully saturated rings. The van der Waals surface area contributed by atoms with Crippen LogP contribution in [0.15, 0.2) is 42.5 Å². The number of hydrogen-bond donors (Lipinski definition) is 0. The Bertz CT molecular complexity index is 970. The SMILES string of the molecule is CCCCCCCCn1c(-c2cccc3c2OC(C)(C)CC3)nc2ccccc21. The first kappa shape index (κ1) is 20.0. The van der Waals surface area contributed by atoms with Crippen LogP contribution in [-0.4, -0.2) is 15.2 Å². The number of benzene rings is 2. The van der Waals surface area contributed by atoms with Gasteiger partial charge >= 0.3 is 0 Å². The van der Waals surface area contributed by atoms with E-state index in [0.717, 1.165) is 42.0 Å². The van der Waals surface area contributed by atoms with Gasteiger partial charge in [-0.15, -0.1) is 0 Å². The zero-order valence-electron chi connectivity index (χ0n) is 18.2. The third-order valence-corrected chi connectivity index (χ3v) is 6.10. The summed E-state index contributed by atoms with van der Waals surface area (Å²) in [4.78, 5) is 5.05. The van der Waals surface area contributed by atoms with E-state index in [1.54, 1.807) is 0 Å². The summed E-state index contributed by atoms with van der Waals surface area (Å²) in [5.41, 5.74) is 4.61. The van der Waals surface area contributed by atoms with Crippen LogP contribution in [0.3, 0.4) is 0 Å². The molecule has 0 atom stereocenters. The van der Waals surface area contributed by atoms with Crippen LogP contribution in [0.25, 0.3) is 22.4 Å². The number of imidazole rings is 1. The molecule has 0 bridgehead atoms. The summed E-state index contributed by atoms with van der Waals surface area (Å²) >= 11 is 0. The fourth-order valence-electron chi connectivity index (χ4n) is 4.40. The van der Waals surface area contributed by atoms with Gasteiger partial charge in [-0.3, -0.25) is 0 Å². The number of ether oxygens (including phenoxy) is 1. The van der Waals surface area contributed by atoms with Gasteiger partial charge in [-0.1, -0.05) is 63.3 Å². The van der Waals surface area contributed by atoms with E-state index in [1.165, 1.54) is 49.6 Å². The Kier molecular flexibility index (Phi) is 5.94. The lowest BCUT2D eigenvalue weighted by atomic mass is 9.92. The summed E-state index contributed by atoms with van der Waals surface area (Å²) < 4.78 is 8.88. The monoisotopic (exact) mass is 390 g/mol. The molecule has 0 aliphatic carbocycles. The van der Waals surface area contributed by atoms with Crippen molar-refractivity contribution >= 4 is 11.0 Å². The zero-order valence-corrected chi connectivity index (χ0v) is 18.2. The van der Waals surface area contributed by atoms with Gasteiger partial charge in [0, 0.05) is 6.54 Å². The van der Waals surface area contributed by atoms with Crippen LogP contribution in [-0.2, 0) is 13.0 Å². The van der Waals surface area contributed by atoms with Crippen molar-refractivity contribution in [1.29, 1.82) is 0 Å². The molecule has 154 valence electrons. The molecule has 3 heteroatoms. The third-order valence-electron chi connectivity index (χ3n) is 6.10. The van der Waals surface area contributed by atoms with Crippen molar-refractivity contribution < 1.29 is 4.74 Å². The maximum atomic E-state index is 6.47. The van der Waals surface area contributed by atoms with E-state index in [9.17, 15) is 0 Å². The van der Waals surface area contributed by atoms with Gasteiger partial charge in [0.2, 0.25) is 0 Å². The van der Waals surface area contributed by atoms with Crippen LogP contribution in [0.4, 0.5) is 0 Å². The molecular weight excluding hydrogens is 356 g/mol. The molecule has 0 N–H and O–H groups in total. The van der Waals surface area contributed by atoms with Crippen LogP contribution in [0.2, 0.25) is 0 Å². The fraction of sp³-hybridized carbons (Fsp3) is 0.500. The first-order valence-corrected chi connectivity index (χ1v) is 11.4.